The Balaban J connectivity index is -0.000000155. The lowest BCUT2D eigenvalue weighted by Gasteiger charge is -1.90. The molecule has 0 spiro atoms. The molecule has 0 aromatic heterocycles. The maximum absolute atomic E-state index is 10.0. The van der Waals surface area contributed by atoms with E-state index in [0.29, 0.717) is 13.1 Å². The largest absolute Gasteiger partial charge is 0.370 e. The molecule has 0 aromatic carbocycles. The van der Waals surface area contributed by atoms with E-state index in [9.17, 15) is 9.59 Å². The van der Waals surface area contributed by atoms with Crippen LogP contribution in [0.2, 0.25) is 0 Å². The van der Waals surface area contributed by atoms with E-state index in [0.717, 1.165) is 0 Å². The molecule has 0 heterocycles. The molecular formula is C10H21N3O2. The average Bonchev–Trinajstić information content (AvgIpc) is 2.14. The van der Waals surface area contributed by atoms with Crippen LogP contribution in [0.25, 0.3) is 0 Å². The van der Waals surface area contributed by atoms with Crippen molar-refractivity contribution in [3.63, 3.8) is 0 Å². The predicted molar refractivity (Wildman–Crippen MR) is 63.0 cm³/mol. The normalized spacial score (nSPS) is 6.87. The van der Waals surface area contributed by atoms with E-state index in [1.54, 1.807) is 12.2 Å². The number of nitrogens with one attached hydrogen (secondary N) is 1. The number of carbonyl (C=O) groups is 2. The molecule has 0 fully saturated rings. The van der Waals surface area contributed by atoms with Gasteiger partial charge in [-0.05, 0) is 0 Å². The molecule has 0 radical (unpaired) electrons. The summed E-state index contributed by atoms with van der Waals surface area (Å²) in [6.07, 6.45) is 3.29. The Morgan fingerprint density at radius 1 is 1.27 bits per heavy atom. The molecule has 0 saturated heterocycles. The number of primary amides is 1. The number of hydrogen-bond donors (Lipinski definition) is 3. The van der Waals surface area contributed by atoms with Crippen LogP contribution in [0.3, 0.4) is 0 Å². The molecule has 0 bridgehead atoms. The van der Waals surface area contributed by atoms with Crippen LogP contribution in [0.4, 0.5) is 0 Å². The molecule has 0 unspecified atom stereocenters. The Morgan fingerprint density at radius 2 is 1.60 bits per heavy atom. The first-order valence-corrected chi connectivity index (χ1v) is 4.34. The van der Waals surface area contributed by atoms with Gasteiger partial charge in [-0.1, -0.05) is 12.2 Å². The fourth-order valence-corrected chi connectivity index (χ4v) is 0.216. The van der Waals surface area contributed by atoms with E-state index in [4.69, 9.17) is 5.73 Å². The Hall–Kier alpha value is -1.62. The number of amides is 2. The maximum Gasteiger partial charge on any atom is 0.217 e. The van der Waals surface area contributed by atoms with Crippen LogP contribution in [0.5, 0.6) is 0 Å². The highest BCUT2D eigenvalue weighted by Gasteiger charge is 1.80. The van der Waals surface area contributed by atoms with E-state index in [-0.39, 0.29) is 11.8 Å². The molecule has 0 saturated carbocycles. The van der Waals surface area contributed by atoms with Crippen molar-refractivity contribution in [2.75, 3.05) is 13.1 Å². The fourth-order valence-electron chi connectivity index (χ4n) is 0.216. The molecule has 0 atom stereocenters. The zero-order valence-corrected chi connectivity index (χ0v) is 9.45. The van der Waals surface area contributed by atoms with Crippen molar-refractivity contribution >= 4 is 11.8 Å². The van der Waals surface area contributed by atoms with Crippen molar-refractivity contribution in [1.82, 2.24) is 5.32 Å². The third-order valence-corrected chi connectivity index (χ3v) is 0.662. The SMILES string of the molecule is C=CCN.C=CCNC(C)=O.CC(N)=O. The average molecular weight is 215 g/mol. The standard InChI is InChI=1S/C5H9NO.C3H7N.C2H5NO/c1-3-4-6-5(2)7;1-2-3-4;1-2(3)4/h3H,1,4H2,2H3,(H,6,7);2H,1,3-4H2;1H3,(H2,3,4). The summed E-state index contributed by atoms with van der Waals surface area (Å²) >= 11 is 0. The number of hydrogen-bond acceptors (Lipinski definition) is 3. The summed E-state index contributed by atoms with van der Waals surface area (Å²) in [5.41, 5.74) is 9.38. The second-order valence-electron chi connectivity index (χ2n) is 2.36. The monoisotopic (exact) mass is 215 g/mol. The highest BCUT2D eigenvalue weighted by Crippen LogP contribution is 1.59. The molecule has 0 rings (SSSR count). The van der Waals surface area contributed by atoms with Gasteiger partial charge in [-0.15, -0.1) is 13.2 Å². The number of rotatable bonds is 3. The predicted octanol–water partition coefficient (Wildman–Crippen LogP) is -0.0688. The summed E-state index contributed by atoms with van der Waals surface area (Å²) in [6.45, 7) is 10.7. The smallest absolute Gasteiger partial charge is 0.217 e. The summed E-state index contributed by atoms with van der Waals surface area (Å²) in [7, 11) is 0. The highest BCUT2D eigenvalue weighted by molar-refractivity contribution is 5.72. The van der Waals surface area contributed by atoms with Crippen molar-refractivity contribution in [3.05, 3.63) is 25.3 Å². The lowest BCUT2D eigenvalue weighted by molar-refractivity contribution is -0.119. The summed E-state index contributed by atoms with van der Waals surface area (Å²) in [4.78, 5) is 19.3. The number of nitrogens with two attached hydrogens (primary N) is 2. The molecule has 15 heavy (non-hydrogen) atoms. The zero-order chi connectivity index (χ0) is 12.7. The quantitative estimate of drug-likeness (QED) is 0.575. The molecule has 0 aliphatic heterocycles. The third-order valence-electron chi connectivity index (χ3n) is 0.662. The van der Waals surface area contributed by atoms with Gasteiger partial charge in [0.25, 0.3) is 0 Å². The van der Waals surface area contributed by atoms with Crippen molar-refractivity contribution in [3.8, 4) is 0 Å². The van der Waals surface area contributed by atoms with Gasteiger partial charge >= 0.3 is 0 Å². The molecule has 5 N–H and O–H groups in total. The fraction of sp³-hybridized carbons (Fsp3) is 0.400. The van der Waals surface area contributed by atoms with Crippen LogP contribution in [-0.2, 0) is 9.59 Å². The van der Waals surface area contributed by atoms with Gasteiger partial charge in [0.2, 0.25) is 11.8 Å². The van der Waals surface area contributed by atoms with Crippen LogP contribution in [0.15, 0.2) is 25.3 Å². The van der Waals surface area contributed by atoms with Crippen LogP contribution in [-0.4, -0.2) is 24.9 Å². The van der Waals surface area contributed by atoms with Gasteiger partial charge in [0.05, 0.1) is 0 Å². The van der Waals surface area contributed by atoms with Crippen molar-refractivity contribution in [1.29, 1.82) is 0 Å². The molecule has 0 aromatic rings. The lowest BCUT2D eigenvalue weighted by Crippen LogP contribution is -2.18. The van der Waals surface area contributed by atoms with E-state index >= 15 is 0 Å². The second kappa shape index (κ2) is 18.2. The lowest BCUT2D eigenvalue weighted by atomic mass is 10.6. The van der Waals surface area contributed by atoms with E-state index < -0.39 is 0 Å². The molecule has 2 amide bonds. The Labute approximate surface area is 91.2 Å². The number of carbonyl (C=O) groups excluding carboxylic acids is 2. The third kappa shape index (κ3) is 117. The first kappa shape index (κ1) is 19.0. The Bertz CT molecular complexity index is 187. The van der Waals surface area contributed by atoms with E-state index in [1.807, 2.05) is 0 Å². The zero-order valence-electron chi connectivity index (χ0n) is 9.45. The maximum atomic E-state index is 10.0. The Morgan fingerprint density at radius 3 is 1.67 bits per heavy atom. The minimum atomic E-state index is -0.333. The minimum Gasteiger partial charge on any atom is -0.370 e. The van der Waals surface area contributed by atoms with Gasteiger partial charge in [-0.2, -0.15) is 0 Å². The van der Waals surface area contributed by atoms with Gasteiger partial charge in [0.1, 0.15) is 0 Å². The summed E-state index contributed by atoms with van der Waals surface area (Å²) < 4.78 is 0. The summed E-state index contributed by atoms with van der Waals surface area (Å²) in [5.74, 6) is -0.347. The van der Waals surface area contributed by atoms with Crippen molar-refractivity contribution < 1.29 is 9.59 Å². The minimum absolute atomic E-state index is 0.0140. The summed E-state index contributed by atoms with van der Waals surface area (Å²) in [6, 6.07) is 0. The van der Waals surface area contributed by atoms with Crippen LogP contribution in [0.1, 0.15) is 13.8 Å². The molecule has 0 aliphatic carbocycles. The Kier molecular flexibility index (Phi) is 23.1. The van der Waals surface area contributed by atoms with Crippen molar-refractivity contribution in [2.24, 2.45) is 11.5 Å². The van der Waals surface area contributed by atoms with Crippen LogP contribution in [0, 0.1) is 0 Å². The molecular weight excluding hydrogens is 194 g/mol. The summed E-state index contributed by atoms with van der Waals surface area (Å²) in [5, 5.41) is 2.54. The molecule has 5 nitrogen and oxygen atoms in total. The van der Waals surface area contributed by atoms with Gasteiger partial charge in [-0.3, -0.25) is 9.59 Å². The molecule has 5 heteroatoms. The first-order chi connectivity index (χ1) is 6.92. The molecule has 88 valence electrons. The van der Waals surface area contributed by atoms with E-state index in [1.165, 1.54) is 13.8 Å². The van der Waals surface area contributed by atoms with Gasteiger partial charge in [0.15, 0.2) is 0 Å². The van der Waals surface area contributed by atoms with Gasteiger partial charge < -0.3 is 16.8 Å². The second-order valence-corrected chi connectivity index (χ2v) is 2.36. The van der Waals surface area contributed by atoms with E-state index in [2.05, 4.69) is 24.2 Å². The van der Waals surface area contributed by atoms with Crippen molar-refractivity contribution in [2.45, 2.75) is 13.8 Å². The van der Waals surface area contributed by atoms with Crippen LogP contribution >= 0.6 is 0 Å². The van der Waals surface area contributed by atoms with Crippen LogP contribution < -0.4 is 16.8 Å². The molecule has 0 aliphatic rings. The first-order valence-electron chi connectivity index (χ1n) is 4.34. The topological polar surface area (TPSA) is 98.2 Å². The van der Waals surface area contributed by atoms with Gasteiger partial charge in [-0.25, -0.2) is 0 Å². The van der Waals surface area contributed by atoms with Gasteiger partial charge in [0, 0.05) is 26.9 Å². The highest BCUT2D eigenvalue weighted by atomic mass is 16.1.